The number of carbonyl (C=O) groups excluding carboxylic acids is 1. The van der Waals surface area contributed by atoms with Crippen molar-refractivity contribution >= 4 is 5.97 Å². The van der Waals surface area contributed by atoms with Gasteiger partial charge in [0.2, 0.25) is 0 Å². The molecular weight excluding hydrogens is 228 g/mol. The largest absolute Gasteiger partial charge is 0.464 e. The smallest absolute Gasteiger partial charge is 0.358 e. The number of imidazole rings is 1. The highest BCUT2D eigenvalue weighted by molar-refractivity contribution is 5.89. The van der Waals surface area contributed by atoms with Crippen LogP contribution in [0.5, 0.6) is 0 Å². The van der Waals surface area contributed by atoms with Gasteiger partial charge in [-0.3, -0.25) is 0 Å². The molecule has 94 valence electrons. The number of nitrogens with zero attached hydrogens (tertiary/aromatic N) is 1. The number of H-pyrrole nitrogens is 1. The monoisotopic (exact) mass is 244 g/mol. The third-order valence-electron chi connectivity index (χ3n) is 2.91. The second-order valence-corrected chi connectivity index (χ2v) is 4.37. The summed E-state index contributed by atoms with van der Waals surface area (Å²) in [6, 6.07) is 6.14. The Hall–Kier alpha value is -2.10. The first-order valence-corrected chi connectivity index (χ1v) is 5.75. The number of aromatic nitrogens is 2. The van der Waals surface area contributed by atoms with E-state index in [0.29, 0.717) is 11.5 Å². The van der Waals surface area contributed by atoms with Gasteiger partial charge in [-0.25, -0.2) is 9.78 Å². The van der Waals surface area contributed by atoms with E-state index in [-0.39, 0.29) is 0 Å². The van der Waals surface area contributed by atoms with Gasteiger partial charge in [-0.2, -0.15) is 0 Å². The molecule has 0 saturated carbocycles. The van der Waals surface area contributed by atoms with Gasteiger partial charge in [0.15, 0.2) is 5.69 Å². The van der Waals surface area contributed by atoms with Gasteiger partial charge in [-0.15, -0.1) is 0 Å². The molecule has 0 aliphatic heterocycles. The summed E-state index contributed by atoms with van der Waals surface area (Å²) in [5.41, 5.74) is 4.34. The van der Waals surface area contributed by atoms with Crippen molar-refractivity contribution in [2.24, 2.45) is 0 Å². The number of nitrogens with one attached hydrogen (secondary N) is 1. The molecule has 2 aromatic rings. The molecule has 4 nitrogen and oxygen atoms in total. The number of hydrogen-bond acceptors (Lipinski definition) is 3. The van der Waals surface area contributed by atoms with E-state index in [1.165, 1.54) is 7.11 Å². The summed E-state index contributed by atoms with van der Waals surface area (Å²) >= 11 is 0. The maximum Gasteiger partial charge on any atom is 0.358 e. The van der Waals surface area contributed by atoms with Gasteiger partial charge < -0.3 is 9.72 Å². The predicted molar refractivity (Wildman–Crippen MR) is 69.6 cm³/mol. The molecule has 0 spiro atoms. The SMILES string of the molecule is COC(=O)c1nc(-c2cc(C)ccc2C)[nH]c1C. The highest BCUT2D eigenvalue weighted by Crippen LogP contribution is 2.23. The van der Waals surface area contributed by atoms with Crippen LogP contribution in [0.4, 0.5) is 0 Å². The minimum Gasteiger partial charge on any atom is -0.464 e. The Morgan fingerprint density at radius 2 is 2.00 bits per heavy atom. The zero-order valence-electron chi connectivity index (χ0n) is 11.0. The van der Waals surface area contributed by atoms with Crippen LogP contribution >= 0.6 is 0 Å². The Kier molecular flexibility index (Phi) is 3.19. The van der Waals surface area contributed by atoms with Crippen molar-refractivity contribution in [2.75, 3.05) is 7.11 Å². The van der Waals surface area contributed by atoms with Crippen LogP contribution in [0.3, 0.4) is 0 Å². The average molecular weight is 244 g/mol. The van der Waals surface area contributed by atoms with Gasteiger partial charge in [0.25, 0.3) is 0 Å². The molecule has 1 heterocycles. The van der Waals surface area contributed by atoms with Gasteiger partial charge in [-0.05, 0) is 32.4 Å². The fraction of sp³-hybridized carbons (Fsp3) is 0.286. The summed E-state index contributed by atoms with van der Waals surface area (Å²) in [6.07, 6.45) is 0. The molecule has 18 heavy (non-hydrogen) atoms. The molecule has 1 N–H and O–H groups in total. The normalized spacial score (nSPS) is 10.4. The number of aromatic amines is 1. The Balaban J connectivity index is 2.52. The van der Waals surface area contributed by atoms with E-state index in [0.717, 1.165) is 22.4 Å². The van der Waals surface area contributed by atoms with Gasteiger partial charge in [-0.1, -0.05) is 17.7 Å². The van der Waals surface area contributed by atoms with Crippen molar-refractivity contribution in [1.82, 2.24) is 9.97 Å². The third-order valence-corrected chi connectivity index (χ3v) is 2.91. The van der Waals surface area contributed by atoms with Crippen LogP contribution in [0, 0.1) is 20.8 Å². The van der Waals surface area contributed by atoms with E-state index in [1.807, 2.05) is 26.8 Å². The number of methoxy groups -OCH3 is 1. The van der Waals surface area contributed by atoms with Crippen LogP contribution in [0.2, 0.25) is 0 Å². The lowest BCUT2D eigenvalue weighted by atomic mass is 10.1. The number of hydrogen-bond donors (Lipinski definition) is 1. The molecule has 2 rings (SSSR count). The predicted octanol–water partition coefficient (Wildman–Crippen LogP) is 2.79. The molecule has 0 aliphatic rings. The van der Waals surface area contributed by atoms with E-state index < -0.39 is 5.97 Å². The van der Waals surface area contributed by atoms with E-state index in [4.69, 9.17) is 4.74 Å². The van der Waals surface area contributed by atoms with Crippen LogP contribution in [0.25, 0.3) is 11.4 Å². The van der Waals surface area contributed by atoms with Gasteiger partial charge in [0.1, 0.15) is 5.82 Å². The Morgan fingerprint density at radius 3 is 2.67 bits per heavy atom. The summed E-state index contributed by atoms with van der Waals surface area (Å²) in [4.78, 5) is 19.0. The van der Waals surface area contributed by atoms with Crippen LogP contribution < -0.4 is 0 Å². The molecule has 0 bridgehead atoms. The average Bonchev–Trinajstić information content (AvgIpc) is 2.73. The van der Waals surface area contributed by atoms with E-state index >= 15 is 0 Å². The highest BCUT2D eigenvalue weighted by atomic mass is 16.5. The number of esters is 1. The van der Waals surface area contributed by atoms with Crippen molar-refractivity contribution < 1.29 is 9.53 Å². The molecule has 0 saturated heterocycles. The van der Waals surface area contributed by atoms with Crippen molar-refractivity contribution in [1.29, 1.82) is 0 Å². The van der Waals surface area contributed by atoms with Gasteiger partial charge >= 0.3 is 5.97 Å². The minimum absolute atomic E-state index is 0.341. The molecule has 0 aliphatic carbocycles. The summed E-state index contributed by atoms with van der Waals surface area (Å²) in [5, 5.41) is 0. The molecule has 0 atom stereocenters. The van der Waals surface area contributed by atoms with Crippen LogP contribution in [-0.2, 0) is 4.74 Å². The fourth-order valence-electron chi connectivity index (χ4n) is 1.87. The highest BCUT2D eigenvalue weighted by Gasteiger charge is 2.16. The number of ether oxygens (including phenoxy) is 1. The molecule has 0 fully saturated rings. The summed E-state index contributed by atoms with van der Waals surface area (Å²) in [6.45, 7) is 5.86. The van der Waals surface area contributed by atoms with E-state index in [2.05, 4.69) is 22.1 Å². The third kappa shape index (κ3) is 2.14. The van der Waals surface area contributed by atoms with Crippen molar-refractivity contribution in [3.63, 3.8) is 0 Å². The standard InChI is InChI=1S/C14H16N2O2/c1-8-5-6-9(2)11(7-8)13-15-10(3)12(16-13)14(17)18-4/h5-7H,1-4H3,(H,15,16). The first-order valence-electron chi connectivity index (χ1n) is 5.75. The fourth-order valence-corrected chi connectivity index (χ4v) is 1.87. The number of benzene rings is 1. The molecule has 0 unspecified atom stereocenters. The number of aryl methyl sites for hydroxylation is 3. The lowest BCUT2D eigenvalue weighted by Crippen LogP contribution is -2.03. The molecule has 0 amide bonds. The van der Waals surface area contributed by atoms with Gasteiger partial charge in [0, 0.05) is 11.3 Å². The summed E-state index contributed by atoms with van der Waals surface area (Å²) in [7, 11) is 1.36. The van der Waals surface area contributed by atoms with Gasteiger partial charge in [0.05, 0.1) is 7.11 Å². The second kappa shape index (κ2) is 4.64. The van der Waals surface area contributed by atoms with Crippen LogP contribution in [0.1, 0.15) is 27.3 Å². The van der Waals surface area contributed by atoms with E-state index in [1.54, 1.807) is 0 Å². The molecule has 0 radical (unpaired) electrons. The quantitative estimate of drug-likeness (QED) is 0.826. The zero-order chi connectivity index (χ0) is 13.3. The molecular formula is C14H16N2O2. The van der Waals surface area contributed by atoms with Crippen molar-refractivity contribution in [2.45, 2.75) is 20.8 Å². The molecule has 1 aromatic heterocycles. The zero-order valence-corrected chi connectivity index (χ0v) is 11.0. The van der Waals surface area contributed by atoms with Crippen LogP contribution in [0.15, 0.2) is 18.2 Å². The lowest BCUT2D eigenvalue weighted by Gasteiger charge is -2.03. The molecule has 4 heteroatoms. The van der Waals surface area contributed by atoms with Crippen LogP contribution in [-0.4, -0.2) is 23.0 Å². The first kappa shape index (κ1) is 12.4. The first-order chi connectivity index (χ1) is 8.52. The lowest BCUT2D eigenvalue weighted by molar-refractivity contribution is 0.0594. The molecule has 1 aromatic carbocycles. The maximum absolute atomic E-state index is 11.5. The maximum atomic E-state index is 11.5. The van der Waals surface area contributed by atoms with Crippen molar-refractivity contribution in [3.8, 4) is 11.4 Å². The minimum atomic E-state index is -0.416. The van der Waals surface area contributed by atoms with Crippen molar-refractivity contribution in [3.05, 3.63) is 40.7 Å². The summed E-state index contributed by atoms with van der Waals surface area (Å²) in [5.74, 6) is 0.286. The number of rotatable bonds is 2. The topological polar surface area (TPSA) is 55.0 Å². The second-order valence-electron chi connectivity index (χ2n) is 4.37. The Morgan fingerprint density at radius 1 is 1.28 bits per heavy atom. The summed E-state index contributed by atoms with van der Waals surface area (Å²) < 4.78 is 4.70. The van der Waals surface area contributed by atoms with E-state index in [9.17, 15) is 4.79 Å². The Labute approximate surface area is 106 Å². The Bertz CT molecular complexity index is 600. The number of carbonyl (C=O) groups is 1.